The second-order valence-corrected chi connectivity index (χ2v) is 8.46. The smallest absolute Gasteiger partial charge is 0.339 e. The van der Waals surface area contributed by atoms with Crippen molar-refractivity contribution in [2.24, 2.45) is 0 Å². The molecular formula is C34H28O7. The minimum absolute atomic E-state index is 0.0671. The molecule has 41 heavy (non-hydrogen) atoms. The van der Waals surface area contributed by atoms with Crippen LogP contribution in [0.25, 0.3) is 0 Å². The molecule has 0 spiro atoms. The van der Waals surface area contributed by atoms with Crippen LogP contribution in [0.15, 0.2) is 133 Å². The highest BCUT2D eigenvalue weighted by atomic mass is 16.5. The fourth-order valence-corrected chi connectivity index (χ4v) is 3.58. The van der Waals surface area contributed by atoms with Crippen LogP contribution >= 0.6 is 0 Å². The van der Waals surface area contributed by atoms with Crippen LogP contribution in [0, 0.1) is 0 Å². The first kappa shape index (κ1) is 29.9. The summed E-state index contributed by atoms with van der Waals surface area (Å²) in [5, 5.41) is 27.1. The molecule has 0 heterocycles. The third kappa shape index (κ3) is 8.66. The van der Waals surface area contributed by atoms with Gasteiger partial charge in [-0.25, -0.2) is 4.79 Å². The molecule has 0 radical (unpaired) electrons. The van der Waals surface area contributed by atoms with Crippen LogP contribution in [-0.4, -0.2) is 40.0 Å². The van der Waals surface area contributed by atoms with Gasteiger partial charge in [-0.15, -0.1) is 0 Å². The van der Waals surface area contributed by atoms with Gasteiger partial charge in [0.25, 0.3) is 0 Å². The molecule has 0 saturated carbocycles. The van der Waals surface area contributed by atoms with E-state index in [1.807, 2.05) is 66.7 Å². The number of ketones is 2. The molecule has 0 aliphatic heterocycles. The molecule has 7 heteroatoms. The van der Waals surface area contributed by atoms with Crippen LogP contribution in [0.2, 0.25) is 0 Å². The van der Waals surface area contributed by atoms with E-state index >= 15 is 0 Å². The third-order valence-electron chi connectivity index (χ3n) is 5.69. The average Bonchev–Trinajstić information content (AvgIpc) is 3.02. The number of carboxylic acids is 1. The summed E-state index contributed by atoms with van der Waals surface area (Å²) in [4.78, 5) is 34.2. The molecule has 5 aromatic carbocycles. The van der Waals surface area contributed by atoms with E-state index in [1.54, 1.807) is 48.5 Å². The summed E-state index contributed by atoms with van der Waals surface area (Å²) in [5.41, 5.74) is 2.23. The lowest BCUT2D eigenvalue weighted by molar-refractivity contribution is 0.0693. The van der Waals surface area contributed by atoms with Crippen molar-refractivity contribution >= 4 is 17.5 Å². The lowest BCUT2D eigenvalue weighted by Gasteiger charge is -2.06. The molecule has 206 valence electrons. The lowest BCUT2D eigenvalue weighted by atomic mass is 10.0. The van der Waals surface area contributed by atoms with Crippen molar-refractivity contribution in [3.05, 3.63) is 161 Å². The van der Waals surface area contributed by atoms with E-state index in [9.17, 15) is 19.5 Å². The molecule has 0 unspecified atom stereocenters. The van der Waals surface area contributed by atoms with E-state index in [0.29, 0.717) is 11.3 Å². The van der Waals surface area contributed by atoms with Gasteiger partial charge in [-0.3, -0.25) is 9.59 Å². The molecule has 0 aliphatic carbocycles. The minimum Gasteiger partial charge on any atom is -0.507 e. The molecule has 5 rings (SSSR count). The van der Waals surface area contributed by atoms with Gasteiger partial charge in [0.1, 0.15) is 22.8 Å². The summed E-state index contributed by atoms with van der Waals surface area (Å²) in [6.07, 6.45) is 0. The zero-order chi connectivity index (χ0) is 29.6. The maximum Gasteiger partial charge on any atom is 0.339 e. The summed E-state index contributed by atoms with van der Waals surface area (Å²) in [5.74, 6) is -0.990. The van der Waals surface area contributed by atoms with Gasteiger partial charge in [0.2, 0.25) is 0 Å². The summed E-state index contributed by atoms with van der Waals surface area (Å²) >= 11 is 0. The predicted octanol–water partition coefficient (Wildman–Crippen LogP) is 6.64. The monoisotopic (exact) mass is 548 g/mol. The normalized spacial score (nSPS) is 9.68. The van der Waals surface area contributed by atoms with Crippen LogP contribution in [0.3, 0.4) is 0 Å². The number of methoxy groups -OCH3 is 1. The zero-order valence-electron chi connectivity index (χ0n) is 22.2. The first-order valence-electron chi connectivity index (χ1n) is 12.4. The van der Waals surface area contributed by atoms with Crippen molar-refractivity contribution < 1.29 is 34.4 Å². The number of hydrogen-bond acceptors (Lipinski definition) is 6. The molecule has 0 bridgehead atoms. The summed E-state index contributed by atoms with van der Waals surface area (Å²) in [7, 11) is 1.51. The highest BCUT2D eigenvalue weighted by Crippen LogP contribution is 2.25. The van der Waals surface area contributed by atoms with Crippen LogP contribution in [0.1, 0.15) is 42.2 Å². The molecule has 0 fully saturated rings. The van der Waals surface area contributed by atoms with Gasteiger partial charge in [-0.05, 0) is 24.3 Å². The Balaban J connectivity index is 0.000000175. The fourth-order valence-electron chi connectivity index (χ4n) is 3.58. The Morgan fingerprint density at radius 3 is 1.34 bits per heavy atom. The van der Waals surface area contributed by atoms with E-state index in [4.69, 9.17) is 14.9 Å². The number of phenols is 2. The van der Waals surface area contributed by atoms with Crippen LogP contribution < -0.4 is 4.74 Å². The predicted molar refractivity (Wildman–Crippen MR) is 156 cm³/mol. The standard InChI is InChI=1S/C14H12O3.C13H10O.C7H6O3/c1-17-11-7-8-12(13(15)9-11)14(16)10-5-3-2-4-6-10;14-13(11-7-3-1-4-8-11)12-9-5-2-6-10-12;8-6-4-2-1-3-5(6)7(9)10/h2-9,15H,1H3;1-10H;1-4,8H,(H,9,10). The second kappa shape index (κ2) is 15.0. The van der Waals surface area contributed by atoms with E-state index in [1.165, 1.54) is 25.3 Å². The highest BCUT2D eigenvalue weighted by Gasteiger charge is 2.13. The van der Waals surface area contributed by atoms with Gasteiger partial charge < -0.3 is 20.1 Å². The molecule has 7 nitrogen and oxygen atoms in total. The summed E-state index contributed by atoms with van der Waals surface area (Å²) < 4.78 is 4.96. The first-order valence-corrected chi connectivity index (χ1v) is 12.4. The molecule has 5 aromatic rings. The van der Waals surface area contributed by atoms with E-state index in [0.717, 1.165) is 11.1 Å². The van der Waals surface area contributed by atoms with Gasteiger partial charge in [0, 0.05) is 22.8 Å². The number of carbonyl (C=O) groups is 3. The first-order chi connectivity index (χ1) is 19.8. The van der Waals surface area contributed by atoms with Crippen LogP contribution in [-0.2, 0) is 0 Å². The largest absolute Gasteiger partial charge is 0.507 e. The number of carboxylic acid groups (broad SMARTS) is 1. The van der Waals surface area contributed by atoms with Gasteiger partial charge in [0.05, 0.1) is 12.7 Å². The molecule has 0 amide bonds. The number of carbonyl (C=O) groups excluding carboxylic acids is 2. The Bertz CT molecular complexity index is 1540. The average molecular weight is 549 g/mol. The number of phenolic OH excluding ortho intramolecular Hbond substituents is 1. The molecule has 0 saturated heterocycles. The van der Waals surface area contributed by atoms with Gasteiger partial charge >= 0.3 is 5.97 Å². The van der Waals surface area contributed by atoms with Crippen molar-refractivity contribution in [1.82, 2.24) is 0 Å². The molecule has 0 aliphatic rings. The number of ether oxygens (including phenoxy) is 1. The maximum absolute atomic E-state index is 12.1. The van der Waals surface area contributed by atoms with Crippen molar-refractivity contribution in [2.75, 3.05) is 7.11 Å². The van der Waals surface area contributed by atoms with Crippen molar-refractivity contribution in [3.63, 3.8) is 0 Å². The van der Waals surface area contributed by atoms with Crippen molar-refractivity contribution in [2.45, 2.75) is 0 Å². The van der Waals surface area contributed by atoms with Crippen LogP contribution in [0.5, 0.6) is 17.2 Å². The number of aromatic hydroxyl groups is 2. The Morgan fingerprint density at radius 2 is 0.951 bits per heavy atom. The van der Waals surface area contributed by atoms with E-state index in [-0.39, 0.29) is 34.2 Å². The Hall–Kier alpha value is -5.69. The zero-order valence-corrected chi connectivity index (χ0v) is 22.2. The molecule has 3 N–H and O–H groups in total. The summed E-state index contributed by atoms with van der Waals surface area (Å²) in [6, 6.07) is 37.9. The van der Waals surface area contributed by atoms with Crippen molar-refractivity contribution in [1.29, 1.82) is 0 Å². The molecule has 0 aromatic heterocycles. The number of hydrogen-bond donors (Lipinski definition) is 3. The third-order valence-corrected chi connectivity index (χ3v) is 5.69. The van der Waals surface area contributed by atoms with Gasteiger partial charge in [-0.1, -0.05) is 103 Å². The Labute approximate surface area is 237 Å². The Morgan fingerprint density at radius 1 is 0.512 bits per heavy atom. The molecule has 0 atom stereocenters. The van der Waals surface area contributed by atoms with Crippen molar-refractivity contribution in [3.8, 4) is 17.2 Å². The topological polar surface area (TPSA) is 121 Å². The van der Waals surface area contributed by atoms with Gasteiger partial charge in [0.15, 0.2) is 11.6 Å². The number of aromatic carboxylic acids is 1. The van der Waals surface area contributed by atoms with Crippen LogP contribution in [0.4, 0.5) is 0 Å². The number of para-hydroxylation sites is 1. The van der Waals surface area contributed by atoms with E-state index in [2.05, 4.69) is 0 Å². The fraction of sp³-hybridized carbons (Fsp3) is 0.0294. The summed E-state index contributed by atoms with van der Waals surface area (Å²) in [6.45, 7) is 0. The second-order valence-electron chi connectivity index (χ2n) is 8.46. The number of rotatable bonds is 6. The van der Waals surface area contributed by atoms with Gasteiger partial charge in [-0.2, -0.15) is 0 Å². The molecular weight excluding hydrogens is 520 g/mol. The lowest BCUT2D eigenvalue weighted by Crippen LogP contribution is -2.01. The van der Waals surface area contributed by atoms with E-state index < -0.39 is 5.97 Å². The minimum atomic E-state index is -1.11. The quantitative estimate of drug-likeness (QED) is 0.203. The maximum atomic E-state index is 12.1. The number of benzene rings is 5. The Kier molecular flexibility index (Phi) is 11.0. The SMILES string of the molecule is COc1ccc(C(=O)c2ccccc2)c(O)c1.O=C(O)c1ccccc1O.O=C(c1ccccc1)c1ccccc1. The highest BCUT2D eigenvalue weighted by molar-refractivity contribution is 6.10.